The van der Waals surface area contributed by atoms with E-state index in [0.29, 0.717) is 12.3 Å². The Morgan fingerprint density at radius 2 is 1.96 bits per heavy atom. The minimum absolute atomic E-state index is 0.196. The van der Waals surface area contributed by atoms with Crippen LogP contribution < -0.4 is 4.90 Å². The molecule has 0 unspecified atom stereocenters. The number of aromatic nitrogens is 2. The van der Waals surface area contributed by atoms with Crippen molar-refractivity contribution in [2.24, 2.45) is 5.41 Å². The van der Waals surface area contributed by atoms with Crippen molar-refractivity contribution in [1.29, 1.82) is 0 Å². The smallest absolute Gasteiger partial charge is 0.222 e. The molecule has 3 heterocycles. The van der Waals surface area contributed by atoms with Crippen LogP contribution in [0.2, 0.25) is 0 Å². The van der Waals surface area contributed by atoms with Crippen LogP contribution in [-0.2, 0) is 11.2 Å². The molecule has 0 radical (unpaired) electrons. The van der Waals surface area contributed by atoms with Gasteiger partial charge in [-0.25, -0.2) is 9.97 Å². The zero-order valence-electron chi connectivity index (χ0n) is 16.1. The van der Waals surface area contributed by atoms with Crippen molar-refractivity contribution in [1.82, 2.24) is 14.9 Å². The number of benzene rings is 1. The average Bonchev–Trinajstić information content (AvgIpc) is 2.70. The van der Waals surface area contributed by atoms with Crippen LogP contribution in [0.1, 0.15) is 36.9 Å². The Bertz CT molecular complexity index is 794. The van der Waals surface area contributed by atoms with Crippen LogP contribution in [0.4, 0.5) is 5.82 Å². The zero-order valence-corrected chi connectivity index (χ0v) is 16.1. The zero-order chi connectivity index (χ0) is 18.7. The number of hydrogen-bond donors (Lipinski definition) is 0. The number of nitrogens with zero attached hydrogens (tertiary/aromatic N) is 4. The second-order valence-corrected chi connectivity index (χ2v) is 8.09. The molecule has 0 aliphatic carbocycles. The first-order chi connectivity index (χ1) is 13.1. The second-order valence-electron chi connectivity index (χ2n) is 8.09. The Hall–Kier alpha value is -2.43. The summed E-state index contributed by atoms with van der Waals surface area (Å²) in [5, 5.41) is 0. The molecule has 1 aromatic heterocycles. The lowest BCUT2D eigenvalue weighted by Gasteiger charge is -2.48. The molecule has 2 aliphatic rings. The van der Waals surface area contributed by atoms with Gasteiger partial charge in [0.05, 0.1) is 0 Å². The SMILES string of the molecule is Cc1cc(N2CCC[C@@]3(CCC(=O)N(CCc4ccccc4)C3)C2)ncn1. The fourth-order valence-corrected chi connectivity index (χ4v) is 4.56. The Balaban J connectivity index is 1.44. The standard InChI is InChI=1S/C22H28N4O/c1-18-14-20(24-17-23-18)25-12-5-10-22(15-25)11-8-21(27)26(16-22)13-9-19-6-3-2-4-7-19/h2-4,6-7,14,17H,5,8-13,15-16H2,1H3/t22-/m1/s1. The molecule has 2 saturated heterocycles. The molecule has 142 valence electrons. The van der Waals surface area contributed by atoms with Crippen molar-refractivity contribution in [2.75, 3.05) is 31.1 Å². The van der Waals surface area contributed by atoms with Crippen molar-refractivity contribution in [2.45, 2.75) is 39.0 Å². The van der Waals surface area contributed by atoms with E-state index in [4.69, 9.17) is 0 Å². The first-order valence-corrected chi connectivity index (χ1v) is 9.99. The molecular formula is C22H28N4O. The van der Waals surface area contributed by atoms with Gasteiger partial charge in [-0.1, -0.05) is 30.3 Å². The van der Waals surface area contributed by atoms with E-state index in [2.05, 4.69) is 50.1 Å². The summed E-state index contributed by atoms with van der Waals surface area (Å²) in [6, 6.07) is 12.5. The fourth-order valence-electron chi connectivity index (χ4n) is 4.56. The van der Waals surface area contributed by atoms with Crippen LogP contribution in [-0.4, -0.2) is 47.0 Å². The van der Waals surface area contributed by atoms with Gasteiger partial charge in [0.15, 0.2) is 0 Å². The average molecular weight is 364 g/mol. The van der Waals surface area contributed by atoms with E-state index < -0.39 is 0 Å². The molecular weight excluding hydrogens is 336 g/mol. The highest BCUT2D eigenvalue weighted by atomic mass is 16.2. The predicted octanol–water partition coefficient (Wildman–Crippen LogP) is 3.24. The number of carbonyl (C=O) groups is 1. The topological polar surface area (TPSA) is 49.3 Å². The van der Waals surface area contributed by atoms with E-state index in [1.165, 1.54) is 12.0 Å². The van der Waals surface area contributed by atoms with Gasteiger partial charge in [0.2, 0.25) is 5.91 Å². The Kier molecular flexibility index (Phi) is 5.10. The number of piperidine rings is 2. The predicted molar refractivity (Wildman–Crippen MR) is 107 cm³/mol. The quantitative estimate of drug-likeness (QED) is 0.836. The number of likely N-dealkylation sites (tertiary alicyclic amines) is 1. The molecule has 1 spiro atoms. The lowest BCUT2D eigenvalue weighted by atomic mass is 9.73. The number of rotatable bonds is 4. The summed E-state index contributed by atoms with van der Waals surface area (Å²) in [6.07, 6.45) is 6.60. The minimum Gasteiger partial charge on any atom is -0.356 e. The highest BCUT2D eigenvalue weighted by Gasteiger charge is 2.41. The van der Waals surface area contributed by atoms with E-state index in [-0.39, 0.29) is 5.41 Å². The minimum atomic E-state index is 0.196. The van der Waals surface area contributed by atoms with Gasteiger partial charge in [0, 0.05) is 49.8 Å². The van der Waals surface area contributed by atoms with E-state index in [1.807, 2.05) is 13.0 Å². The maximum absolute atomic E-state index is 12.5. The Labute approximate surface area is 161 Å². The Morgan fingerprint density at radius 1 is 1.11 bits per heavy atom. The third-order valence-corrected chi connectivity index (χ3v) is 6.04. The molecule has 4 rings (SSSR count). The van der Waals surface area contributed by atoms with Crippen molar-refractivity contribution >= 4 is 11.7 Å². The van der Waals surface area contributed by atoms with Gasteiger partial charge in [-0.15, -0.1) is 0 Å². The van der Waals surface area contributed by atoms with Crippen LogP contribution in [0.5, 0.6) is 0 Å². The van der Waals surface area contributed by atoms with Gasteiger partial charge in [-0.3, -0.25) is 4.79 Å². The molecule has 2 aromatic rings. The summed E-state index contributed by atoms with van der Waals surface area (Å²) >= 11 is 0. The molecule has 27 heavy (non-hydrogen) atoms. The summed E-state index contributed by atoms with van der Waals surface area (Å²) in [5.41, 5.74) is 2.50. The molecule has 2 aliphatic heterocycles. The highest BCUT2D eigenvalue weighted by Crippen LogP contribution is 2.39. The Morgan fingerprint density at radius 3 is 2.78 bits per heavy atom. The number of amides is 1. The fraction of sp³-hybridized carbons (Fsp3) is 0.500. The highest BCUT2D eigenvalue weighted by molar-refractivity contribution is 5.77. The van der Waals surface area contributed by atoms with E-state index in [1.54, 1.807) is 6.33 Å². The molecule has 0 bridgehead atoms. The van der Waals surface area contributed by atoms with Gasteiger partial charge in [-0.2, -0.15) is 0 Å². The molecule has 0 saturated carbocycles. The number of hydrogen-bond acceptors (Lipinski definition) is 4. The maximum Gasteiger partial charge on any atom is 0.222 e. The van der Waals surface area contributed by atoms with Crippen LogP contribution in [0.15, 0.2) is 42.7 Å². The number of anilines is 1. The molecule has 5 heteroatoms. The maximum atomic E-state index is 12.5. The first-order valence-electron chi connectivity index (χ1n) is 9.99. The van der Waals surface area contributed by atoms with Gasteiger partial charge in [0.25, 0.3) is 0 Å². The van der Waals surface area contributed by atoms with Crippen molar-refractivity contribution < 1.29 is 4.79 Å². The van der Waals surface area contributed by atoms with E-state index >= 15 is 0 Å². The largest absolute Gasteiger partial charge is 0.356 e. The van der Waals surface area contributed by atoms with Gasteiger partial charge in [0.1, 0.15) is 12.1 Å². The van der Waals surface area contributed by atoms with Gasteiger partial charge >= 0.3 is 0 Å². The van der Waals surface area contributed by atoms with Crippen LogP contribution >= 0.6 is 0 Å². The van der Waals surface area contributed by atoms with E-state index in [0.717, 1.165) is 57.0 Å². The summed E-state index contributed by atoms with van der Waals surface area (Å²) in [7, 11) is 0. The van der Waals surface area contributed by atoms with Gasteiger partial charge in [-0.05, 0) is 38.2 Å². The lowest BCUT2D eigenvalue weighted by molar-refractivity contribution is -0.137. The van der Waals surface area contributed by atoms with Crippen LogP contribution in [0, 0.1) is 12.3 Å². The van der Waals surface area contributed by atoms with Crippen LogP contribution in [0.3, 0.4) is 0 Å². The molecule has 1 aromatic carbocycles. The molecule has 1 atom stereocenters. The summed E-state index contributed by atoms with van der Waals surface area (Å²) in [6.45, 7) is 5.72. The first kappa shape index (κ1) is 18.0. The lowest BCUT2D eigenvalue weighted by Crippen LogP contribution is -2.54. The molecule has 1 amide bonds. The van der Waals surface area contributed by atoms with Crippen molar-refractivity contribution in [3.05, 3.63) is 54.0 Å². The van der Waals surface area contributed by atoms with E-state index in [9.17, 15) is 4.79 Å². The van der Waals surface area contributed by atoms with Crippen molar-refractivity contribution in [3.63, 3.8) is 0 Å². The van der Waals surface area contributed by atoms with Gasteiger partial charge < -0.3 is 9.80 Å². The normalized spacial score (nSPS) is 23.1. The summed E-state index contributed by atoms with van der Waals surface area (Å²) in [4.78, 5) is 25.7. The van der Waals surface area contributed by atoms with Crippen molar-refractivity contribution in [3.8, 4) is 0 Å². The van der Waals surface area contributed by atoms with Crippen LogP contribution in [0.25, 0.3) is 0 Å². The third-order valence-electron chi connectivity index (χ3n) is 6.04. The third kappa shape index (κ3) is 4.12. The number of aryl methyl sites for hydroxylation is 1. The molecule has 0 N–H and O–H groups in total. The monoisotopic (exact) mass is 364 g/mol. The summed E-state index contributed by atoms with van der Waals surface area (Å²) < 4.78 is 0. The number of carbonyl (C=O) groups excluding carboxylic acids is 1. The second kappa shape index (κ2) is 7.67. The molecule has 2 fully saturated rings. The summed E-state index contributed by atoms with van der Waals surface area (Å²) in [5.74, 6) is 1.33. The molecule has 5 nitrogen and oxygen atoms in total.